The molecule has 0 aliphatic carbocycles. The van der Waals surface area contributed by atoms with Crippen LogP contribution in [0, 0.1) is 0 Å². The summed E-state index contributed by atoms with van der Waals surface area (Å²) in [6.45, 7) is 3.05. The molecule has 1 saturated heterocycles. The predicted octanol–water partition coefficient (Wildman–Crippen LogP) is 1.81. The first-order valence-corrected chi connectivity index (χ1v) is 8.72. The van der Waals surface area contributed by atoms with Crippen LogP contribution in [0.1, 0.15) is 5.89 Å². The summed E-state index contributed by atoms with van der Waals surface area (Å²) in [5.41, 5.74) is 0.812. The van der Waals surface area contributed by atoms with Gasteiger partial charge in [-0.25, -0.2) is 0 Å². The Balaban J connectivity index is 1.59. The number of morpholine rings is 1. The van der Waals surface area contributed by atoms with Gasteiger partial charge in [0.25, 0.3) is 0 Å². The van der Waals surface area contributed by atoms with E-state index in [4.69, 9.17) is 25.6 Å². The van der Waals surface area contributed by atoms with E-state index in [1.807, 2.05) is 12.1 Å². The number of nitrogens with zero attached hydrogens (tertiary/aromatic N) is 4. The maximum Gasteiger partial charge on any atom is 0.246 e. The molecule has 1 unspecified atom stereocenters. The van der Waals surface area contributed by atoms with E-state index in [1.54, 1.807) is 26.3 Å². The monoisotopic (exact) mass is 379 g/mol. The number of hydrogen-bond donors (Lipinski definition) is 1. The molecule has 1 atom stereocenters. The van der Waals surface area contributed by atoms with Crippen molar-refractivity contribution in [2.45, 2.75) is 12.6 Å². The number of rotatable bonds is 5. The highest BCUT2D eigenvalue weighted by Gasteiger charge is 2.23. The highest BCUT2D eigenvalue weighted by molar-refractivity contribution is 6.30. The molecule has 1 N–H and O–H groups in total. The van der Waals surface area contributed by atoms with Crippen LogP contribution in [-0.4, -0.2) is 67.6 Å². The lowest BCUT2D eigenvalue weighted by atomic mass is 10.2. The lowest BCUT2D eigenvalue weighted by Crippen LogP contribution is -2.51. The van der Waals surface area contributed by atoms with Gasteiger partial charge in [-0.3, -0.25) is 4.99 Å². The van der Waals surface area contributed by atoms with E-state index >= 15 is 0 Å². The third-order valence-corrected chi connectivity index (χ3v) is 4.19. The average molecular weight is 380 g/mol. The number of hydrogen-bond acceptors (Lipinski definition) is 6. The zero-order valence-electron chi connectivity index (χ0n) is 14.8. The molecule has 0 spiro atoms. The van der Waals surface area contributed by atoms with E-state index in [-0.39, 0.29) is 6.10 Å². The maximum absolute atomic E-state index is 6.00. The zero-order chi connectivity index (χ0) is 18.4. The number of benzene rings is 1. The fourth-order valence-electron chi connectivity index (χ4n) is 2.76. The quantitative estimate of drug-likeness (QED) is 0.626. The fraction of sp³-hybridized carbons (Fsp3) is 0.471. The Morgan fingerprint density at radius 1 is 1.50 bits per heavy atom. The van der Waals surface area contributed by atoms with Gasteiger partial charge in [0.2, 0.25) is 11.7 Å². The number of aromatic nitrogens is 2. The first-order chi connectivity index (χ1) is 12.7. The van der Waals surface area contributed by atoms with Gasteiger partial charge in [0, 0.05) is 37.8 Å². The number of ether oxygens (including phenoxy) is 2. The Morgan fingerprint density at radius 3 is 3.15 bits per heavy atom. The minimum Gasteiger partial charge on any atom is -0.382 e. The summed E-state index contributed by atoms with van der Waals surface area (Å²) in [4.78, 5) is 10.9. The second kappa shape index (κ2) is 8.98. The molecule has 1 aliphatic rings. The summed E-state index contributed by atoms with van der Waals surface area (Å²) in [5.74, 6) is 1.74. The Labute approximate surface area is 157 Å². The van der Waals surface area contributed by atoms with Gasteiger partial charge in [0.15, 0.2) is 5.96 Å². The lowest BCUT2D eigenvalue weighted by molar-refractivity contribution is -0.0447. The van der Waals surface area contributed by atoms with Crippen LogP contribution in [0.5, 0.6) is 0 Å². The van der Waals surface area contributed by atoms with E-state index in [2.05, 4.69) is 25.3 Å². The summed E-state index contributed by atoms with van der Waals surface area (Å²) in [6.07, 6.45) is 0.0325. The van der Waals surface area contributed by atoms with E-state index in [0.717, 1.165) is 18.1 Å². The van der Waals surface area contributed by atoms with Crippen LogP contribution in [0.2, 0.25) is 5.02 Å². The molecule has 8 nitrogen and oxygen atoms in total. The third kappa shape index (κ3) is 4.72. The van der Waals surface area contributed by atoms with Gasteiger partial charge in [-0.1, -0.05) is 28.9 Å². The van der Waals surface area contributed by atoms with Crippen molar-refractivity contribution in [3.63, 3.8) is 0 Å². The number of halogens is 1. The van der Waals surface area contributed by atoms with Crippen molar-refractivity contribution in [2.75, 3.05) is 40.5 Å². The molecule has 140 valence electrons. The summed E-state index contributed by atoms with van der Waals surface area (Å²) >= 11 is 6.00. The normalized spacial score (nSPS) is 18.2. The maximum atomic E-state index is 6.00. The number of methoxy groups -OCH3 is 1. The Bertz CT molecular complexity index is 750. The largest absolute Gasteiger partial charge is 0.382 e. The van der Waals surface area contributed by atoms with Crippen molar-refractivity contribution in [1.29, 1.82) is 0 Å². The molecule has 0 saturated carbocycles. The van der Waals surface area contributed by atoms with Gasteiger partial charge in [-0.15, -0.1) is 0 Å². The first kappa shape index (κ1) is 18.6. The minimum absolute atomic E-state index is 0.0325. The molecule has 26 heavy (non-hydrogen) atoms. The van der Waals surface area contributed by atoms with Crippen molar-refractivity contribution in [3.8, 4) is 11.4 Å². The van der Waals surface area contributed by atoms with Crippen molar-refractivity contribution in [1.82, 2.24) is 20.4 Å². The van der Waals surface area contributed by atoms with Crippen molar-refractivity contribution in [3.05, 3.63) is 35.2 Å². The molecule has 9 heteroatoms. The molecule has 0 amide bonds. The molecule has 2 heterocycles. The van der Waals surface area contributed by atoms with Gasteiger partial charge in [-0.05, 0) is 12.1 Å². The van der Waals surface area contributed by atoms with Crippen LogP contribution in [0.25, 0.3) is 11.4 Å². The van der Waals surface area contributed by atoms with Crippen LogP contribution >= 0.6 is 11.6 Å². The molecule has 0 radical (unpaired) electrons. The Kier molecular flexibility index (Phi) is 6.43. The average Bonchev–Trinajstić information content (AvgIpc) is 3.12. The molecule has 1 aromatic heterocycles. The van der Waals surface area contributed by atoms with Gasteiger partial charge >= 0.3 is 0 Å². The van der Waals surface area contributed by atoms with E-state index < -0.39 is 0 Å². The Morgan fingerprint density at radius 2 is 2.38 bits per heavy atom. The zero-order valence-corrected chi connectivity index (χ0v) is 15.6. The summed E-state index contributed by atoms with van der Waals surface area (Å²) in [5, 5.41) is 7.89. The summed E-state index contributed by atoms with van der Waals surface area (Å²) < 4.78 is 16.2. The smallest absolute Gasteiger partial charge is 0.246 e. The number of guanidine groups is 1. The first-order valence-electron chi connectivity index (χ1n) is 8.34. The van der Waals surface area contributed by atoms with Crippen LogP contribution < -0.4 is 5.32 Å². The molecular formula is C17H22ClN5O3. The highest BCUT2D eigenvalue weighted by Crippen LogP contribution is 2.19. The highest BCUT2D eigenvalue weighted by atomic mass is 35.5. The molecule has 1 fully saturated rings. The van der Waals surface area contributed by atoms with E-state index in [9.17, 15) is 0 Å². The second-order valence-corrected chi connectivity index (χ2v) is 6.25. The van der Waals surface area contributed by atoms with Gasteiger partial charge in [0.05, 0.1) is 25.9 Å². The van der Waals surface area contributed by atoms with Crippen LogP contribution in [-0.2, 0) is 16.0 Å². The summed E-state index contributed by atoms with van der Waals surface area (Å²) in [6, 6.07) is 7.34. The van der Waals surface area contributed by atoms with Crippen LogP contribution in [0.4, 0.5) is 0 Å². The van der Waals surface area contributed by atoms with Crippen molar-refractivity contribution >= 4 is 17.6 Å². The molecule has 2 aromatic rings. The molecule has 3 rings (SSSR count). The molecular weight excluding hydrogens is 358 g/mol. The van der Waals surface area contributed by atoms with Crippen LogP contribution in [0.3, 0.4) is 0 Å². The fourth-order valence-corrected chi connectivity index (χ4v) is 2.95. The molecule has 0 bridgehead atoms. The third-order valence-electron chi connectivity index (χ3n) is 3.95. The van der Waals surface area contributed by atoms with Crippen LogP contribution in [0.15, 0.2) is 33.8 Å². The molecule has 1 aliphatic heterocycles. The Hall–Kier alpha value is -2.16. The van der Waals surface area contributed by atoms with E-state index in [1.165, 1.54) is 0 Å². The standard InChI is InChI=1S/C17H22ClN5O3/c1-19-17(23-6-7-25-14(10-23)11-24-2)20-9-15-21-16(22-26-15)12-4-3-5-13(18)8-12/h3-5,8,14H,6-7,9-11H2,1-2H3,(H,19,20). The lowest BCUT2D eigenvalue weighted by Gasteiger charge is -2.34. The predicted molar refractivity (Wildman–Crippen MR) is 98.1 cm³/mol. The minimum atomic E-state index is 0.0325. The van der Waals surface area contributed by atoms with Gasteiger partial charge < -0.3 is 24.2 Å². The van der Waals surface area contributed by atoms with Crippen molar-refractivity contribution < 1.29 is 14.0 Å². The SMILES string of the molecule is CN=C(NCc1nc(-c2cccc(Cl)c2)no1)N1CCOC(COC)C1. The summed E-state index contributed by atoms with van der Waals surface area (Å²) in [7, 11) is 3.41. The topological polar surface area (TPSA) is 85.0 Å². The van der Waals surface area contributed by atoms with Crippen molar-refractivity contribution in [2.24, 2.45) is 4.99 Å². The number of nitrogens with one attached hydrogen (secondary N) is 1. The van der Waals surface area contributed by atoms with Gasteiger partial charge in [-0.2, -0.15) is 4.98 Å². The number of aliphatic imine (C=N–C) groups is 1. The van der Waals surface area contributed by atoms with Gasteiger partial charge in [0.1, 0.15) is 0 Å². The molecule has 1 aromatic carbocycles. The second-order valence-electron chi connectivity index (χ2n) is 5.82. The van der Waals surface area contributed by atoms with E-state index in [0.29, 0.717) is 43.0 Å².